The minimum absolute atomic E-state index is 0.307. The summed E-state index contributed by atoms with van der Waals surface area (Å²) in [5, 5.41) is 14.7. The standard InChI is InChI=1S/C25H28N6/c1-16(21-15-23(26)28-25-24(21)29-31-30-25)13-14-27-22-12-11-18(17-7-3-2-4-8-17)19-9-5-6-10-20(19)22/h2-10,15-16,18,22,27H,11-14H2,1H3,(H3,26,28,29,30,31)/t16?,18-,22-/m0/s1. The maximum Gasteiger partial charge on any atom is 0.178 e. The number of nitrogens with one attached hydrogen (secondary N) is 2. The van der Waals surface area contributed by atoms with Crippen LogP contribution in [-0.2, 0) is 0 Å². The van der Waals surface area contributed by atoms with E-state index < -0.39 is 0 Å². The number of nitrogen functional groups attached to an aromatic ring is 1. The highest BCUT2D eigenvalue weighted by molar-refractivity contribution is 5.76. The van der Waals surface area contributed by atoms with Crippen LogP contribution in [0.25, 0.3) is 11.2 Å². The molecule has 1 unspecified atom stereocenters. The van der Waals surface area contributed by atoms with Crippen LogP contribution in [0.4, 0.5) is 5.82 Å². The van der Waals surface area contributed by atoms with E-state index in [4.69, 9.17) is 5.73 Å². The fourth-order valence-electron chi connectivity index (χ4n) is 4.92. The number of aromatic nitrogens is 4. The zero-order chi connectivity index (χ0) is 21.2. The molecule has 31 heavy (non-hydrogen) atoms. The van der Waals surface area contributed by atoms with Gasteiger partial charge in [0.1, 0.15) is 11.3 Å². The quantitative estimate of drug-likeness (QED) is 0.427. The number of rotatable bonds is 6. The van der Waals surface area contributed by atoms with Crippen LogP contribution in [0.15, 0.2) is 60.7 Å². The molecule has 0 saturated carbocycles. The Balaban J connectivity index is 1.29. The number of hydrogen-bond acceptors (Lipinski definition) is 5. The van der Waals surface area contributed by atoms with Gasteiger partial charge in [-0.3, -0.25) is 0 Å². The van der Waals surface area contributed by atoms with E-state index >= 15 is 0 Å². The molecule has 0 amide bonds. The van der Waals surface area contributed by atoms with Crippen molar-refractivity contribution in [2.45, 2.75) is 44.1 Å². The van der Waals surface area contributed by atoms with E-state index in [0.29, 0.717) is 29.3 Å². The molecule has 0 saturated heterocycles. The lowest BCUT2D eigenvalue weighted by Crippen LogP contribution is -2.28. The molecule has 0 bridgehead atoms. The number of benzene rings is 2. The van der Waals surface area contributed by atoms with Gasteiger partial charge in [0.2, 0.25) is 0 Å². The summed E-state index contributed by atoms with van der Waals surface area (Å²) < 4.78 is 0. The Hall–Kier alpha value is -3.25. The molecule has 0 spiro atoms. The number of pyridine rings is 1. The Morgan fingerprint density at radius 1 is 1.06 bits per heavy atom. The predicted octanol–water partition coefficient (Wildman–Crippen LogP) is 4.69. The summed E-state index contributed by atoms with van der Waals surface area (Å²) in [5.41, 5.74) is 12.9. The summed E-state index contributed by atoms with van der Waals surface area (Å²) in [5.74, 6) is 1.29. The molecular formula is C25H28N6. The van der Waals surface area contributed by atoms with Gasteiger partial charge in [0.25, 0.3) is 0 Å². The minimum Gasteiger partial charge on any atom is -0.384 e. The molecule has 3 atom stereocenters. The van der Waals surface area contributed by atoms with E-state index in [1.54, 1.807) is 0 Å². The van der Waals surface area contributed by atoms with Crippen molar-refractivity contribution in [1.82, 2.24) is 25.7 Å². The third-order valence-corrected chi connectivity index (χ3v) is 6.54. The highest BCUT2D eigenvalue weighted by Gasteiger charge is 2.27. The average Bonchev–Trinajstić information content (AvgIpc) is 3.27. The number of fused-ring (bicyclic) bond motifs is 2. The molecule has 2 aromatic heterocycles. The SMILES string of the molecule is CC(CCN[C@H]1CC[C@@H](c2ccccc2)c2ccccc21)c1cc(N)nc2[nH]nnc12. The molecule has 6 nitrogen and oxygen atoms in total. The molecule has 1 aliphatic carbocycles. The van der Waals surface area contributed by atoms with Crippen molar-refractivity contribution in [3.63, 3.8) is 0 Å². The molecule has 2 aromatic carbocycles. The van der Waals surface area contributed by atoms with E-state index in [1.165, 1.54) is 16.7 Å². The number of aromatic amines is 1. The molecule has 0 aliphatic heterocycles. The van der Waals surface area contributed by atoms with Crippen molar-refractivity contribution in [3.05, 3.63) is 82.9 Å². The maximum absolute atomic E-state index is 5.98. The first-order valence-electron chi connectivity index (χ1n) is 11.0. The Labute approximate surface area is 182 Å². The molecule has 0 fully saturated rings. The summed E-state index contributed by atoms with van der Waals surface area (Å²) in [4.78, 5) is 4.27. The summed E-state index contributed by atoms with van der Waals surface area (Å²) in [6, 6.07) is 22.1. The van der Waals surface area contributed by atoms with Crippen molar-refractivity contribution in [3.8, 4) is 0 Å². The number of H-pyrrole nitrogens is 1. The molecular weight excluding hydrogens is 384 g/mol. The van der Waals surface area contributed by atoms with E-state index in [0.717, 1.165) is 36.9 Å². The first-order chi connectivity index (χ1) is 15.2. The van der Waals surface area contributed by atoms with Crippen LogP contribution >= 0.6 is 0 Å². The number of hydrogen-bond donors (Lipinski definition) is 3. The Bertz CT molecular complexity index is 1170. The topological polar surface area (TPSA) is 92.5 Å². The third kappa shape index (κ3) is 3.91. The second-order valence-electron chi connectivity index (χ2n) is 8.51. The molecule has 1 aliphatic rings. The fourth-order valence-corrected chi connectivity index (χ4v) is 4.92. The lowest BCUT2D eigenvalue weighted by molar-refractivity contribution is 0.430. The summed E-state index contributed by atoms with van der Waals surface area (Å²) in [6.07, 6.45) is 3.29. The van der Waals surface area contributed by atoms with Gasteiger partial charge in [0.05, 0.1) is 0 Å². The van der Waals surface area contributed by atoms with Gasteiger partial charge in [-0.2, -0.15) is 0 Å². The number of nitrogens with zero attached hydrogens (tertiary/aromatic N) is 3. The lowest BCUT2D eigenvalue weighted by Gasteiger charge is -2.33. The maximum atomic E-state index is 5.98. The molecule has 4 aromatic rings. The van der Waals surface area contributed by atoms with Crippen molar-refractivity contribution in [2.75, 3.05) is 12.3 Å². The zero-order valence-electron chi connectivity index (χ0n) is 17.8. The predicted molar refractivity (Wildman–Crippen MR) is 124 cm³/mol. The van der Waals surface area contributed by atoms with Crippen LogP contribution in [-0.4, -0.2) is 26.9 Å². The third-order valence-electron chi connectivity index (χ3n) is 6.54. The summed E-state index contributed by atoms with van der Waals surface area (Å²) in [6.45, 7) is 3.14. The zero-order valence-corrected chi connectivity index (χ0v) is 17.8. The lowest BCUT2D eigenvalue weighted by atomic mass is 9.76. The molecule has 158 valence electrons. The normalized spacial score (nSPS) is 19.3. The monoisotopic (exact) mass is 412 g/mol. The second-order valence-corrected chi connectivity index (χ2v) is 8.51. The van der Waals surface area contributed by atoms with Gasteiger partial charge < -0.3 is 11.1 Å². The van der Waals surface area contributed by atoms with E-state index in [2.05, 4.69) is 87.2 Å². The molecule has 5 rings (SSSR count). The molecule has 0 radical (unpaired) electrons. The van der Waals surface area contributed by atoms with Crippen LogP contribution in [0.3, 0.4) is 0 Å². The van der Waals surface area contributed by atoms with Crippen molar-refractivity contribution >= 4 is 17.0 Å². The van der Waals surface area contributed by atoms with Gasteiger partial charge in [0.15, 0.2) is 5.65 Å². The second kappa shape index (κ2) is 8.47. The Morgan fingerprint density at radius 3 is 2.68 bits per heavy atom. The average molecular weight is 413 g/mol. The summed E-state index contributed by atoms with van der Waals surface area (Å²) >= 11 is 0. The van der Waals surface area contributed by atoms with Gasteiger partial charge in [0, 0.05) is 12.0 Å². The van der Waals surface area contributed by atoms with Crippen LogP contribution in [0.5, 0.6) is 0 Å². The number of anilines is 1. The van der Waals surface area contributed by atoms with Gasteiger partial charge in [-0.1, -0.05) is 66.7 Å². The van der Waals surface area contributed by atoms with Crippen molar-refractivity contribution in [1.29, 1.82) is 0 Å². The minimum atomic E-state index is 0.307. The largest absolute Gasteiger partial charge is 0.384 e. The van der Waals surface area contributed by atoms with Crippen molar-refractivity contribution < 1.29 is 0 Å². The first-order valence-corrected chi connectivity index (χ1v) is 11.0. The highest BCUT2D eigenvalue weighted by atomic mass is 15.3. The van der Waals surface area contributed by atoms with Gasteiger partial charge in [-0.05, 0) is 60.0 Å². The fraction of sp³-hybridized carbons (Fsp3) is 0.320. The number of nitrogens with two attached hydrogens (primary N) is 1. The molecule has 6 heteroatoms. The molecule has 2 heterocycles. The Kier molecular flexibility index (Phi) is 5.38. The molecule has 4 N–H and O–H groups in total. The van der Waals surface area contributed by atoms with Crippen molar-refractivity contribution in [2.24, 2.45) is 0 Å². The van der Waals surface area contributed by atoms with Crippen LogP contribution in [0.1, 0.15) is 66.3 Å². The van der Waals surface area contributed by atoms with E-state index in [-0.39, 0.29) is 0 Å². The first kappa shape index (κ1) is 19.7. The highest BCUT2D eigenvalue weighted by Crippen LogP contribution is 2.41. The Morgan fingerprint density at radius 2 is 1.84 bits per heavy atom. The van der Waals surface area contributed by atoms with E-state index in [9.17, 15) is 0 Å². The smallest absolute Gasteiger partial charge is 0.178 e. The van der Waals surface area contributed by atoms with Crippen LogP contribution < -0.4 is 11.1 Å². The summed E-state index contributed by atoms with van der Waals surface area (Å²) in [7, 11) is 0. The van der Waals surface area contributed by atoms with Gasteiger partial charge in [-0.25, -0.2) is 10.1 Å². The van der Waals surface area contributed by atoms with E-state index in [1.807, 2.05) is 6.07 Å². The van der Waals surface area contributed by atoms with Gasteiger partial charge >= 0.3 is 0 Å². The van der Waals surface area contributed by atoms with Gasteiger partial charge in [-0.15, -0.1) is 5.10 Å². The van der Waals surface area contributed by atoms with Crippen LogP contribution in [0.2, 0.25) is 0 Å². The van der Waals surface area contributed by atoms with Crippen LogP contribution in [0, 0.1) is 0 Å².